The van der Waals surface area contributed by atoms with Crippen molar-refractivity contribution in [3.8, 4) is 0 Å². The largest absolute Gasteiger partial charge is 0.314 e. The van der Waals surface area contributed by atoms with Gasteiger partial charge in [0.1, 0.15) is 0 Å². The van der Waals surface area contributed by atoms with Gasteiger partial charge in [-0.15, -0.1) is 0 Å². The van der Waals surface area contributed by atoms with E-state index in [9.17, 15) is 0 Å². The molecule has 0 heterocycles. The van der Waals surface area contributed by atoms with Crippen LogP contribution in [0.1, 0.15) is 57.1 Å². The van der Waals surface area contributed by atoms with Crippen molar-refractivity contribution in [1.82, 2.24) is 5.32 Å². The minimum atomic E-state index is 0.722. The summed E-state index contributed by atoms with van der Waals surface area (Å²) in [5.41, 5.74) is 3.03. The first-order valence-electron chi connectivity index (χ1n) is 7.58. The summed E-state index contributed by atoms with van der Waals surface area (Å²) < 4.78 is 0. The van der Waals surface area contributed by atoms with Crippen LogP contribution in [0.2, 0.25) is 0 Å². The Kier molecular flexibility index (Phi) is 4.82. The fourth-order valence-corrected chi connectivity index (χ4v) is 3.30. The van der Waals surface area contributed by atoms with Crippen molar-refractivity contribution in [3.05, 3.63) is 35.4 Å². The SMILES string of the molecule is CCCNC1CCC(c2cccc(CC)c2)C1C. The van der Waals surface area contributed by atoms with Gasteiger partial charge in [-0.1, -0.05) is 45.0 Å². The van der Waals surface area contributed by atoms with Gasteiger partial charge in [-0.25, -0.2) is 0 Å². The fourth-order valence-electron chi connectivity index (χ4n) is 3.30. The van der Waals surface area contributed by atoms with E-state index in [0.29, 0.717) is 0 Å². The predicted molar refractivity (Wildman–Crippen MR) is 79.0 cm³/mol. The van der Waals surface area contributed by atoms with Crippen LogP contribution in [0.4, 0.5) is 0 Å². The van der Waals surface area contributed by atoms with Crippen LogP contribution in [0.25, 0.3) is 0 Å². The lowest BCUT2D eigenvalue weighted by Crippen LogP contribution is -2.32. The summed E-state index contributed by atoms with van der Waals surface area (Å²) in [5, 5.41) is 3.71. The lowest BCUT2D eigenvalue weighted by molar-refractivity contribution is 0.404. The van der Waals surface area contributed by atoms with Crippen LogP contribution in [0.5, 0.6) is 0 Å². The molecule has 1 nitrogen and oxygen atoms in total. The van der Waals surface area contributed by atoms with Gasteiger partial charge in [0.05, 0.1) is 0 Å². The first-order chi connectivity index (χ1) is 8.76. The standard InChI is InChI=1S/C17H27N/c1-4-11-18-17-10-9-16(13(17)3)15-8-6-7-14(5-2)12-15/h6-8,12-13,16-18H,4-5,9-11H2,1-3H3. The van der Waals surface area contributed by atoms with Gasteiger partial charge in [0.2, 0.25) is 0 Å². The van der Waals surface area contributed by atoms with Crippen LogP contribution in [0, 0.1) is 5.92 Å². The van der Waals surface area contributed by atoms with E-state index in [4.69, 9.17) is 0 Å². The van der Waals surface area contributed by atoms with E-state index in [1.54, 1.807) is 5.56 Å². The number of hydrogen-bond donors (Lipinski definition) is 1. The molecule has 18 heavy (non-hydrogen) atoms. The van der Waals surface area contributed by atoms with Crippen molar-refractivity contribution >= 4 is 0 Å². The molecule has 1 aromatic rings. The molecule has 1 N–H and O–H groups in total. The van der Waals surface area contributed by atoms with E-state index in [-0.39, 0.29) is 0 Å². The van der Waals surface area contributed by atoms with Crippen LogP contribution < -0.4 is 5.32 Å². The molecule has 1 aliphatic carbocycles. The monoisotopic (exact) mass is 245 g/mol. The van der Waals surface area contributed by atoms with Crippen molar-refractivity contribution in [2.24, 2.45) is 5.92 Å². The zero-order valence-electron chi connectivity index (χ0n) is 12.1. The zero-order chi connectivity index (χ0) is 13.0. The third-order valence-corrected chi connectivity index (χ3v) is 4.50. The highest BCUT2D eigenvalue weighted by Crippen LogP contribution is 2.39. The summed E-state index contributed by atoms with van der Waals surface area (Å²) in [6.07, 6.45) is 5.06. The van der Waals surface area contributed by atoms with Crippen molar-refractivity contribution < 1.29 is 0 Å². The van der Waals surface area contributed by atoms with E-state index < -0.39 is 0 Å². The molecule has 1 fully saturated rings. The van der Waals surface area contributed by atoms with Gasteiger partial charge < -0.3 is 5.32 Å². The highest BCUT2D eigenvalue weighted by Gasteiger charge is 2.33. The van der Waals surface area contributed by atoms with Crippen LogP contribution in [-0.4, -0.2) is 12.6 Å². The van der Waals surface area contributed by atoms with E-state index >= 15 is 0 Å². The molecular weight excluding hydrogens is 218 g/mol. The molecule has 1 saturated carbocycles. The maximum absolute atomic E-state index is 3.71. The lowest BCUT2D eigenvalue weighted by atomic mass is 9.88. The number of aryl methyl sites for hydroxylation is 1. The first kappa shape index (κ1) is 13.6. The second kappa shape index (κ2) is 6.38. The maximum Gasteiger partial charge on any atom is 0.00987 e. The Bertz CT molecular complexity index is 372. The topological polar surface area (TPSA) is 12.0 Å². The normalized spacial score (nSPS) is 27.6. The number of benzene rings is 1. The van der Waals surface area contributed by atoms with Crippen molar-refractivity contribution in [1.29, 1.82) is 0 Å². The average molecular weight is 245 g/mol. The zero-order valence-corrected chi connectivity index (χ0v) is 12.1. The molecular formula is C17H27N. The highest BCUT2D eigenvalue weighted by atomic mass is 14.9. The molecule has 0 bridgehead atoms. The van der Waals surface area contributed by atoms with Crippen molar-refractivity contribution in [2.45, 2.75) is 58.4 Å². The molecule has 0 amide bonds. The maximum atomic E-state index is 3.71. The summed E-state index contributed by atoms with van der Waals surface area (Å²) >= 11 is 0. The molecule has 0 aliphatic heterocycles. The molecule has 3 atom stereocenters. The van der Waals surface area contributed by atoms with Gasteiger partial charge in [0, 0.05) is 6.04 Å². The van der Waals surface area contributed by atoms with Crippen molar-refractivity contribution in [3.63, 3.8) is 0 Å². The Morgan fingerprint density at radius 1 is 1.22 bits per heavy atom. The van der Waals surface area contributed by atoms with E-state index in [0.717, 1.165) is 30.8 Å². The molecule has 0 radical (unpaired) electrons. The van der Waals surface area contributed by atoms with Crippen LogP contribution >= 0.6 is 0 Å². The smallest absolute Gasteiger partial charge is 0.00987 e. The molecule has 2 rings (SSSR count). The van der Waals surface area contributed by atoms with Gasteiger partial charge in [-0.2, -0.15) is 0 Å². The third-order valence-electron chi connectivity index (χ3n) is 4.50. The third kappa shape index (κ3) is 2.95. The lowest BCUT2D eigenvalue weighted by Gasteiger charge is -2.22. The summed E-state index contributed by atoms with van der Waals surface area (Å²) in [7, 11) is 0. The number of hydrogen-bond acceptors (Lipinski definition) is 1. The van der Waals surface area contributed by atoms with Gasteiger partial charge in [-0.05, 0) is 55.2 Å². The van der Waals surface area contributed by atoms with Gasteiger partial charge in [0.25, 0.3) is 0 Å². The Morgan fingerprint density at radius 2 is 2.06 bits per heavy atom. The Labute approximate surface area is 112 Å². The average Bonchev–Trinajstić information content (AvgIpc) is 2.78. The second-order valence-corrected chi connectivity index (χ2v) is 5.70. The van der Waals surface area contributed by atoms with Gasteiger partial charge in [0.15, 0.2) is 0 Å². The summed E-state index contributed by atoms with van der Waals surface area (Å²) in [4.78, 5) is 0. The molecule has 3 unspecified atom stereocenters. The number of nitrogens with one attached hydrogen (secondary N) is 1. The van der Waals surface area contributed by atoms with Crippen LogP contribution in [0.15, 0.2) is 24.3 Å². The minimum absolute atomic E-state index is 0.722. The van der Waals surface area contributed by atoms with Crippen LogP contribution in [-0.2, 0) is 6.42 Å². The molecule has 0 spiro atoms. The fraction of sp³-hybridized carbons (Fsp3) is 0.647. The molecule has 0 aromatic heterocycles. The summed E-state index contributed by atoms with van der Waals surface area (Å²) in [6.45, 7) is 8.07. The minimum Gasteiger partial charge on any atom is -0.314 e. The molecule has 100 valence electrons. The Hall–Kier alpha value is -0.820. The molecule has 1 heteroatoms. The van der Waals surface area contributed by atoms with Crippen molar-refractivity contribution in [2.75, 3.05) is 6.54 Å². The molecule has 1 aliphatic rings. The quantitative estimate of drug-likeness (QED) is 0.822. The predicted octanol–water partition coefficient (Wildman–Crippen LogP) is 4.13. The first-order valence-corrected chi connectivity index (χ1v) is 7.58. The van der Waals surface area contributed by atoms with E-state index in [1.807, 2.05) is 0 Å². The molecule has 1 aromatic carbocycles. The molecule has 0 saturated heterocycles. The van der Waals surface area contributed by atoms with Gasteiger partial charge >= 0.3 is 0 Å². The Balaban J connectivity index is 2.05. The van der Waals surface area contributed by atoms with Crippen LogP contribution in [0.3, 0.4) is 0 Å². The van der Waals surface area contributed by atoms with E-state index in [1.165, 1.54) is 24.8 Å². The van der Waals surface area contributed by atoms with E-state index in [2.05, 4.69) is 50.4 Å². The highest BCUT2D eigenvalue weighted by molar-refractivity contribution is 5.28. The second-order valence-electron chi connectivity index (χ2n) is 5.70. The summed E-state index contributed by atoms with van der Waals surface area (Å²) in [5.74, 6) is 1.52. The summed E-state index contributed by atoms with van der Waals surface area (Å²) in [6, 6.07) is 9.94. The van der Waals surface area contributed by atoms with Gasteiger partial charge in [-0.3, -0.25) is 0 Å². The number of rotatable bonds is 5. The Morgan fingerprint density at radius 3 is 2.78 bits per heavy atom.